The van der Waals surface area contributed by atoms with Crippen molar-refractivity contribution in [2.75, 3.05) is 13.1 Å². The molecule has 1 heterocycles. The lowest BCUT2D eigenvalue weighted by molar-refractivity contribution is -0.121. The third-order valence-electron chi connectivity index (χ3n) is 3.99. The Labute approximate surface area is 136 Å². The van der Waals surface area contributed by atoms with Crippen molar-refractivity contribution in [3.63, 3.8) is 0 Å². The van der Waals surface area contributed by atoms with Gasteiger partial charge in [-0.25, -0.2) is 0 Å². The molecular formula is C16H22Cl2N2O. The zero-order valence-corrected chi connectivity index (χ0v) is 14.0. The summed E-state index contributed by atoms with van der Waals surface area (Å²) in [5.41, 5.74) is 0.818. The van der Waals surface area contributed by atoms with Crippen LogP contribution >= 0.6 is 23.2 Å². The summed E-state index contributed by atoms with van der Waals surface area (Å²) in [6.45, 7) is 6.51. The van der Waals surface area contributed by atoms with E-state index in [9.17, 15) is 4.79 Å². The van der Waals surface area contributed by atoms with E-state index in [4.69, 9.17) is 23.2 Å². The summed E-state index contributed by atoms with van der Waals surface area (Å²) < 4.78 is 0. The molecule has 1 saturated heterocycles. The molecule has 1 aromatic rings. The Morgan fingerprint density at radius 2 is 2.00 bits per heavy atom. The van der Waals surface area contributed by atoms with Gasteiger partial charge in [-0.2, -0.15) is 0 Å². The van der Waals surface area contributed by atoms with Crippen molar-refractivity contribution in [3.05, 3.63) is 33.8 Å². The van der Waals surface area contributed by atoms with Crippen molar-refractivity contribution >= 4 is 29.1 Å². The third kappa shape index (κ3) is 4.87. The van der Waals surface area contributed by atoms with Crippen molar-refractivity contribution in [2.24, 2.45) is 0 Å². The first kappa shape index (κ1) is 16.6. The lowest BCUT2D eigenvalue weighted by atomic mass is 10.0. The lowest BCUT2D eigenvalue weighted by Gasteiger charge is -2.34. The van der Waals surface area contributed by atoms with Crippen LogP contribution in [0.15, 0.2) is 18.2 Å². The van der Waals surface area contributed by atoms with Gasteiger partial charge in [0.25, 0.3) is 0 Å². The molecule has 0 atom stereocenters. The summed E-state index contributed by atoms with van der Waals surface area (Å²) in [4.78, 5) is 14.6. The van der Waals surface area contributed by atoms with Gasteiger partial charge in [0, 0.05) is 35.2 Å². The van der Waals surface area contributed by atoms with Gasteiger partial charge >= 0.3 is 0 Å². The van der Waals surface area contributed by atoms with Gasteiger partial charge in [0.15, 0.2) is 0 Å². The van der Waals surface area contributed by atoms with Gasteiger partial charge in [-0.3, -0.25) is 4.79 Å². The number of nitrogens with zero attached hydrogens (tertiary/aromatic N) is 1. The molecule has 1 aliphatic rings. The van der Waals surface area contributed by atoms with Crippen molar-refractivity contribution in [1.29, 1.82) is 0 Å². The molecule has 0 bridgehead atoms. The van der Waals surface area contributed by atoms with Crippen LogP contribution in [0.4, 0.5) is 0 Å². The predicted molar refractivity (Wildman–Crippen MR) is 88.0 cm³/mol. The quantitative estimate of drug-likeness (QED) is 0.917. The number of carbonyl (C=O) groups excluding carboxylic acids is 1. The van der Waals surface area contributed by atoms with Crippen molar-refractivity contribution in [2.45, 2.75) is 45.2 Å². The van der Waals surface area contributed by atoms with Gasteiger partial charge in [-0.15, -0.1) is 0 Å². The number of likely N-dealkylation sites (tertiary alicyclic amines) is 1. The normalized spacial score (nSPS) is 17.2. The fraction of sp³-hybridized carbons (Fsp3) is 0.562. The van der Waals surface area contributed by atoms with Gasteiger partial charge in [0.2, 0.25) is 5.91 Å². The van der Waals surface area contributed by atoms with Gasteiger partial charge in [-0.05, 0) is 44.4 Å². The smallest absolute Gasteiger partial charge is 0.224 e. The van der Waals surface area contributed by atoms with Crippen LogP contribution in [0.25, 0.3) is 0 Å². The molecule has 1 N–H and O–H groups in total. The lowest BCUT2D eigenvalue weighted by Crippen LogP contribution is -2.46. The van der Waals surface area contributed by atoms with Crippen LogP contribution in [-0.4, -0.2) is 36.0 Å². The minimum atomic E-state index is 0.0298. The van der Waals surface area contributed by atoms with Gasteiger partial charge < -0.3 is 10.2 Å². The highest BCUT2D eigenvalue weighted by Crippen LogP contribution is 2.21. The highest BCUT2D eigenvalue weighted by atomic mass is 35.5. The molecule has 2 rings (SSSR count). The summed E-state index contributed by atoms with van der Waals surface area (Å²) >= 11 is 12.0. The van der Waals surface area contributed by atoms with E-state index < -0.39 is 0 Å². The van der Waals surface area contributed by atoms with Crippen LogP contribution in [0.3, 0.4) is 0 Å². The highest BCUT2D eigenvalue weighted by molar-refractivity contribution is 6.35. The molecule has 5 heteroatoms. The second kappa shape index (κ2) is 7.48. The predicted octanol–water partition coefficient (Wildman–Crippen LogP) is 3.52. The third-order valence-corrected chi connectivity index (χ3v) is 4.58. The number of nitrogens with one attached hydrogen (secondary N) is 1. The Morgan fingerprint density at radius 3 is 2.57 bits per heavy atom. The van der Waals surface area contributed by atoms with E-state index in [0.717, 1.165) is 31.5 Å². The second-order valence-corrected chi connectivity index (χ2v) is 6.73. The Morgan fingerprint density at radius 1 is 1.33 bits per heavy atom. The summed E-state index contributed by atoms with van der Waals surface area (Å²) in [6, 6.07) is 6.10. The molecule has 116 valence electrons. The molecule has 1 aliphatic heterocycles. The summed E-state index contributed by atoms with van der Waals surface area (Å²) in [5, 5.41) is 4.25. The molecule has 0 spiro atoms. The zero-order chi connectivity index (χ0) is 15.4. The van der Waals surface area contributed by atoms with E-state index >= 15 is 0 Å². The largest absolute Gasteiger partial charge is 0.353 e. The van der Waals surface area contributed by atoms with Crippen LogP contribution in [0.5, 0.6) is 0 Å². The molecule has 0 radical (unpaired) electrons. The monoisotopic (exact) mass is 328 g/mol. The first-order chi connectivity index (χ1) is 9.95. The number of benzene rings is 1. The molecule has 21 heavy (non-hydrogen) atoms. The molecule has 1 amide bonds. The van der Waals surface area contributed by atoms with E-state index in [1.807, 2.05) is 6.07 Å². The van der Waals surface area contributed by atoms with Crippen LogP contribution in [-0.2, 0) is 11.2 Å². The Kier molecular flexibility index (Phi) is 5.91. The number of hydrogen-bond acceptors (Lipinski definition) is 2. The summed E-state index contributed by atoms with van der Waals surface area (Å²) in [6.07, 6.45) is 2.33. The maximum atomic E-state index is 12.1. The number of rotatable bonds is 4. The number of hydrogen-bond donors (Lipinski definition) is 1. The topological polar surface area (TPSA) is 32.3 Å². The molecule has 0 aliphatic carbocycles. The van der Waals surface area contributed by atoms with E-state index in [2.05, 4.69) is 24.1 Å². The van der Waals surface area contributed by atoms with E-state index in [1.54, 1.807) is 12.1 Å². The van der Waals surface area contributed by atoms with Gasteiger partial charge in [-0.1, -0.05) is 29.3 Å². The van der Waals surface area contributed by atoms with Crippen LogP contribution < -0.4 is 5.32 Å². The molecule has 1 aromatic carbocycles. The van der Waals surface area contributed by atoms with Crippen LogP contribution in [0.2, 0.25) is 10.0 Å². The fourth-order valence-electron chi connectivity index (χ4n) is 2.68. The van der Waals surface area contributed by atoms with Crippen LogP contribution in [0.1, 0.15) is 32.3 Å². The standard InChI is InChI=1S/C16H22Cl2N2O/c1-11(2)20-7-5-14(6-8-20)19-16(21)9-12-3-4-13(17)10-15(12)18/h3-4,10-11,14H,5-9H2,1-2H3,(H,19,21). The van der Waals surface area contributed by atoms with E-state index in [1.165, 1.54) is 0 Å². The molecule has 0 aromatic heterocycles. The van der Waals surface area contributed by atoms with Crippen molar-refractivity contribution < 1.29 is 4.79 Å². The van der Waals surface area contributed by atoms with Gasteiger partial charge in [0.05, 0.1) is 6.42 Å². The maximum Gasteiger partial charge on any atom is 0.224 e. The minimum absolute atomic E-state index is 0.0298. The Balaban J connectivity index is 1.83. The molecule has 1 fully saturated rings. The highest BCUT2D eigenvalue weighted by Gasteiger charge is 2.22. The average molecular weight is 329 g/mol. The minimum Gasteiger partial charge on any atom is -0.353 e. The number of halogens is 2. The number of piperidine rings is 1. The SMILES string of the molecule is CC(C)N1CCC(NC(=O)Cc2ccc(Cl)cc2Cl)CC1. The molecule has 0 unspecified atom stereocenters. The Bertz CT molecular complexity index is 497. The van der Waals surface area contributed by atoms with Crippen molar-refractivity contribution in [3.8, 4) is 0 Å². The summed E-state index contributed by atoms with van der Waals surface area (Å²) in [7, 11) is 0. The van der Waals surface area contributed by atoms with Gasteiger partial charge in [0.1, 0.15) is 0 Å². The number of amides is 1. The summed E-state index contributed by atoms with van der Waals surface area (Å²) in [5.74, 6) is 0.0298. The molecule has 0 saturated carbocycles. The maximum absolute atomic E-state index is 12.1. The Hall–Kier alpha value is -0.770. The van der Waals surface area contributed by atoms with Crippen LogP contribution in [0, 0.1) is 0 Å². The average Bonchev–Trinajstić information content (AvgIpc) is 2.42. The molecule has 3 nitrogen and oxygen atoms in total. The zero-order valence-electron chi connectivity index (χ0n) is 12.5. The fourth-order valence-corrected chi connectivity index (χ4v) is 3.15. The first-order valence-electron chi connectivity index (χ1n) is 7.43. The number of carbonyl (C=O) groups is 1. The second-order valence-electron chi connectivity index (χ2n) is 5.88. The molecular weight excluding hydrogens is 307 g/mol. The first-order valence-corrected chi connectivity index (χ1v) is 8.18. The van der Waals surface area contributed by atoms with E-state index in [0.29, 0.717) is 22.5 Å². The van der Waals surface area contributed by atoms with E-state index in [-0.39, 0.29) is 11.9 Å². The van der Waals surface area contributed by atoms with Crippen molar-refractivity contribution in [1.82, 2.24) is 10.2 Å².